The van der Waals surface area contributed by atoms with Crippen molar-refractivity contribution in [2.24, 2.45) is 0 Å². The Balaban J connectivity index is 2.07. The average molecular weight is 501 g/mol. The van der Waals surface area contributed by atoms with Crippen LogP contribution in [0.25, 0.3) is 10.8 Å². The number of unbranched alkanes of at least 4 members (excludes halogenated alkanes) is 3. The van der Waals surface area contributed by atoms with Crippen LogP contribution in [0.15, 0.2) is 42.5 Å². The minimum atomic E-state index is -1.73. The highest BCUT2D eigenvalue weighted by atomic mass is 28.4. The molecule has 35 heavy (non-hydrogen) atoms. The lowest BCUT2D eigenvalue weighted by Gasteiger charge is -2.36. The second-order valence-corrected chi connectivity index (χ2v) is 16.2. The van der Waals surface area contributed by atoms with Gasteiger partial charge in [0.2, 0.25) is 0 Å². The zero-order valence-corrected chi connectivity index (χ0v) is 24.4. The van der Waals surface area contributed by atoms with Crippen LogP contribution in [0.5, 0.6) is 0 Å². The summed E-state index contributed by atoms with van der Waals surface area (Å²) in [4.78, 5) is 13.5. The summed E-state index contributed by atoms with van der Waals surface area (Å²) >= 11 is 0. The number of ether oxygens (including phenoxy) is 2. The maximum absolute atomic E-state index is 13.5. The van der Waals surface area contributed by atoms with E-state index in [1.54, 1.807) is 7.11 Å². The molecule has 2 aromatic rings. The molecule has 4 nitrogen and oxygen atoms in total. The Morgan fingerprint density at radius 1 is 0.914 bits per heavy atom. The molecule has 2 atom stereocenters. The van der Waals surface area contributed by atoms with Gasteiger partial charge in [0.1, 0.15) is 6.10 Å². The highest BCUT2D eigenvalue weighted by Gasteiger charge is 2.40. The van der Waals surface area contributed by atoms with Crippen LogP contribution in [0.2, 0.25) is 18.1 Å². The van der Waals surface area contributed by atoms with E-state index in [1.165, 1.54) is 0 Å². The Morgan fingerprint density at radius 2 is 1.54 bits per heavy atom. The summed E-state index contributed by atoms with van der Waals surface area (Å²) in [5.74, 6) is -0.310. The fourth-order valence-corrected chi connectivity index (χ4v) is 5.20. The predicted octanol–water partition coefficient (Wildman–Crippen LogP) is 8.39. The molecule has 0 spiro atoms. The summed E-state index contributed by atoms with van der Waals surface area (Å²) in [6.07, 6.45) is 6.96. The SMILES string of the molecule is CCCCC[C@H](CCCCO[Si](C)(C)C(C)(C)C)OC(=O)[C@@](C)(OC)c1cccc2ccccc12. The predicted molar refractivity (Wildman–Crippen MR) is 149 cm³/mol. The largest absolute Gasteiger partial charge is 0.460 e. The number of rotatable bonds is 14. The van der Waals surface area contributed by atoms with Gasteiger partial charge in [0.05, 0.1) is 0 Å². The first-order valence-corrected chi connectivity index (χ1v) is 16.3. The van der Waals surface area contributed by atoms with Crippen LogP contribution >= 0.6 is 0 Å². The monoisotopic (exact) mass is 500 g/mol. The number of benzene rings is 2. The van der Waals surface area contributed by atoms with Crippen molar-refractivity contribution >= 4 is 25.1 Å². The minimum Gasteiger partial charge on any atom is -0.460 e. The van der Waals surface area contributed by atoms with Gasteiger partial charge in [-0.3, -0.25) is 0 Å². The Bertz CT molecular complexity index is 928. The molecule has 0 saturated heterocycles. The standard InChI is InChI=1S/C30H48O4Si/c1-9-10-11-19-25(20-14-15-23-33-35(7,8)29(2,3)4)34-28(31)30(5,32-6)27-22-16-18-24-17-12-13-21-26(24)27/h12-13,16-18,21-22,25H,9-11,14-15,19-20,23H2,1-8H3/t25-,30+/m1/s1. The van der Waals surface area contributed by atoms with Gasteiger partial charge >= 0.3 is 5.97 Å². The van der Waals surface area contributed by atoms with E-state index in [0.717, 1.165) is 67.9 Å². The lowest BCUT2D eigenvalue weighted by Crippen LogP contribution is -2.41. The molecule has 0 radical (unpaired) electrons. The molecule has 0 aliphatic heterocycles. The van der Waals surface area contributed by atoms with E-state index in [0.29, 0.717) is 0 Å². The summed E-state index contributed by atoms with van der Waals surface area (Å²) in [6.45, 7) is 16.2. The first-order chi connectivity index (χ1) is 16.5. The second kappa shape index (κ2) is 13.0. The van der Waals surface area contributed by atoms with E-state index in [4.69, 9.17) is 13.9 Å². The number of carbonyl (C=O) groups excluding carboxylic acids is 1. The van der Waals surface area contributed by atoms with E-state index in [-0.39, 0.29) is 17.1 Å². The van der Waals surface area contributed by atoms with E-state index in [1.807, 2.05) is 37.3 Å². The maximum Gasteiger partial charge on any atom is 0.343 e. The first kappa shape index (κ1) is 29.5. The molecule has 0 aliphatic carbocycles. The van der Waals surface area contributed by atoms with Crippen LogP contribution < -0.4 is 0 Å². The third-order valence-electron chi connectivity index (χ3n) is 7.69. The van der Waals surface area contributed by atoms with Crippen molar-refractivity contribution in [2.45, 2.75) is 109 Å². The fraction of sp³-hybridized carbons (Fsp3) is 0.633. The first-order valence-electron chi connectivity index (χ1n) is 13.3. The maximum atomic E-state index is 13.5. The Morgan fingerprint density at radius 3 is 2.17 bits per heavy atom. The van der Waals surface area contributed by atoms with Crippen molar-refractivity contribution in [3.05, 3.63) is 48.0 Å². The molecule has 0 saturated carbocycles. The molecule has 0 fully saturated rings. The summed E-state index contributed by atoms with van der Waals surface area (Å²) < 4.78 is 18.3. The van der Waals surface area contributed by atoms with Crippen molar-refractivity contribution in [3.8, 4) is 0 Å². The molecule has 0 aliphatic rings. The molecule has 2 aromatic carbocycles. The molecule has 0 unspecified atom stereocenters. The van der Waals surface area contributed by atoms with Gasteiger partial charge in [-0.25, -0.2) is 4.79 Å². The summed E-state index contributed by atoms with van der Waals surface area (Å²) in [6, 6.07) is 14.1. The van der Waals surface area contributed by atoms with Crippen molar-refractivity contribution in [3.63, 3.8) is 0 Å². The summed E-state index contributed by atoms with van der Waals surface area (Å²) in [5, 5.41) is 2.32. The third-order valence-corrected chi connectivity index (χ3v) is 12.2. The molecule has 196 valence electrons. The molecule has 0 aromatic heterocycles. The summed E-state index contributed by atoms with van der Waals surface area (Å²) in [7, 11) is -0.135. The van der Waals surface area contributed by atoms with Gasteiger partial charge < -0.3 is 13.9 Å². The number of hydrogen-bond acceptors (Lipinski definition) is 4. The Kier molecular flexibility index (Phi) is 11.0. The van der Waals surface area contributed by atoms with Crippen molar-refractivity contribution in [1.29, 1.82) is 0 Å². The molecule has 2 rings (SSSR count). The van der Waals surface area contributed by atoms with Crippen LogP contribution in [0.1, 0.15) is 85.1 Å². The van der Waals surface area contributed by atoms with Crippen LogP contribution in [-0.4, -0.2) is 34.1 Å². The number of hydrogen-bond donors (Lipinski definition) is 0. The third kappa shape index (κ3) is 7.90. The lowest BCUT2D eigenvalue weighted by molar-refractivity contribution is -0.174. The van der Waals surface area contributed by atoms with Crippen LogP contribution in [-0.2, 0) is 24.3 Å². The van der Waals surface area contributed by atoms with Crippen LogP contribution in [0.4, 0.5) is 0 Å². The van der Waals surface area contributed by atoms with Gasteiger partial charge in [0.15, 0.2) is 13.9 Å². The number of fused-ring (bicyclic) bond motifs is 1. The normalized spacial score (nSPS) is 15.1. The van der Waals surface area contributed by atoms with Crippen LogP contribution in [0.3, 0.4) is 0 Å². The Labute approximate surface area is 214 Å². The average Bonchev–Trinajstić information content (AvgIpc) is 2.82. The zero-order valence-electron chi connectivity index (χ0n) is 23.4. The van der Waals surface area contributed by atoms with E-state index < -0.39 is 13.9 Å². The number of carbonyl (C=O) groups is 1. The molecule has 0 bridgehead atoms. The molecular weight excluding hydrogens is 452 g/mol. The van der Waals surface area contributed by atoms with Gasteiger partial charge in [0, 0.05) is 19.3 Å². The highest BCUT2D eigenvalue weighted by Crippen LogP contribution is 2.37. The van der Waals surface area contributed by atoms with Gasteiger partial charge in [-0.2, -0.15) is 0 Å². The molecule has 0 N–H and O–H groups in total. The molecule has 5 heteroatoms. The van der Waals surface area contributed by atoms with Crippen LogP contribution in [0, 0.1) is 0 Å². The van der Waals surface area contributed by atoms with E-state index in [9.17, 15) is 4.79 Å². The minimum absolute atomic E-state index is 0.105. The van der Waals surface area contributed by atoms with Gasteiger partial charge in [-0.1, -0.05) is 83.0 Å². The van der Waals surface area contributed by atoms with Gasteiger partial charge in [-0.05, 0) is 67.9 Å². The smallest absolute Gasteiger partial charge is 0.343 e. The topological polar surface area (TPSA) is 44.8 Å². The zero-order chi connectivity index (χ0) is 26.1. The fourth-order valence-electron chi connectivity index (χ4n) is 4.11. The molecule has 0 heterocycles. The quantitative estimate of drug-likeness (QED) is 0.148. The molecule has 0 amide bonds. The van der Waals surface area contributed by atoms with Gasteiger partial charge in [-0.15, -0.1) is 0 Å². The molecular formula is C30H48O4Si. The highest BCUT2D eigenvalue weighted by molar-refractivity contribution is 6.74. The number of esters is 1. The second-order valence-electron chi connectivity index (χ2n) is 11.4. The number of methoxy groups -OCH3 is 1. The lowest BCUT2D eigenvalue weighted by atomic mass is 9.90. The van der Waals surface area contributed by atoms with E-state index in [2.05, 4.69) is 52.9 Å². The van der Waals surface area contributed by atoms with Crippen molar-refractivity contribution < 1.29 is 18.7 Å². The van der Waals surface area contributed by atoms with Crippen molar-refractivity contribution in [1.82, 2.24) is 0 Å². The summed E-state index contributed by atoms with van der Waals surface area (Å²) in [5.41, 5.74) is -0.312. The van der Waals surface area contributed by atoms with Gasteiger partial charge in [0.25, 0.3) is 0 Å². The Hall–Kier alpha value is -1.69. The van der Waals surface area contributed by atoms with Crippen molar-refractivity contribution in [2.75, 3.05) is 13.7 Å². The van der Waals surface area contributed by atoms with E-state index >= 15 is 0 Å².